The third kappa shape index (κ3) is 2.73. The van der Waals surface area contributed by atoms with E-state index in [1.807, 2.05) is 9.97 Å². The molecule has 8 heteroatoms. The van der Waals surface area contributed by atoms with Gasteiger partial charge in [0.25, 0.3) is 5.56 Å². The number of hydrogen-bond donors (Lipinski definition) is 3. The fourth-order valence-electron chi connectivity index (χ4n) is 1.31. The molecule has 2 aromatic rings. The molecule has 0 fully saturated rings. The number of aliphatic imine (C=N–C) groups is 1. The van der Waals surface area contributed by atoms with Crippen molar-refractivity contribution in [3.63, 3.8) is 0 Å². The summed E-state index contributed by atoms with van der Waals surface area (Å²) in [6.45, 7) is 0. The smallest absolute Gasteiger partial charge is 0.328 e. The van der Waals surface area contributed by atoms with E-state index in [1.165, 1.54) is 6.07 Å². The second kappa shape index (κ2) is 4.84. The van der Waals surface area contributed by atoms with Crippen LogP contribution in [-0.2, 0) is 0 Å². The number of rotatable bonds is 2. The Morgan fingerprint density at radius 1 is 1.16 bits per heavy atom. The Morgan fingerprint density at radius 2 is 1.89 bits per heavy atom. The van der Waals surface area contributed by atoms with E-state index >= 15 is 0 Å². The molecule has 19 heavy (non-hydrogen) atoms. The zero-order chi connectivity index (χ0) is 14.0. The van der Waals surface area contributed by atoms with Gasteiger partial charge in [-0.15, -0.1) is 0 Å². The molecule has 1 aromatic heterocycles. The highest BCUT2D eigenvalue weighted by molar-refractivity contribution is 5.83. The Hall–Kier alpha value is -2.77. The molecule has 0 atom stereocenters. The number of benzene rings is 1. The second-order valence-corrected chi connectivity index (χ2v) is 3.53. The summed E-state index contributed by atoms with van der Waals surface area (Å²) in [5, 5.41) is 9.35. The molecular formula is C11H7F2N3O3. The van der Waals surface area contributed by atoms with Gasteiger partial charge in [-0.2, -0.15) is 0 Å². The van der Waals surface area contributed by atoms with Gasteiger partial charge in [0, 0.05) is 12.3 Å². The van der Waals surface area contributed by atoms with Crippen molar-refractivity contribution in [2.75, 3.05) is 0 Å². The minimum atomic E-state index is -1.09. The molecule has 0 aliphatic carbocycles. The van der Waals surface area contributed by atoms with Gasteiger partial charge in [-0.1, -0.05) is 0 Å². The normalized spacial score (nSPS) is 11.1. The maximum atomic E-state index is 12.9. The van der Waals surface area contributed by atoms with Gasteiger partial charge in [-0.3, -0.25) is 19.8 Å². The summed E-state index contributed by atoms with van der Waals surface area (Å²) in [6, 6.07) is 2.88. The number of aromatic amines is 2. The molecular weight excluding hydrogens is 260 g/mol. The molecule has 2 rings (SSSR count). The van der Waals surface area contributed by atoms with Crippen LogP contribution in [0.3, 0.4) is 0 Å². The first-order valence-electron chi connectivity index (χ1n) is 5.02. The molecule has 1 heterocycles. The predicted molar refractivity (Wildman–Crippen MR) is 63.0 cm³/mol. The van der Waals surface area contributed by atoms with Crippen LogP contribution in [0.15, 0.2) is 32.8 Å². The van der Waals surface area contributed by atoms with Crippen LogP contribution in [0.5, 0.6) is 5.88 Å². The Bertz CT molecular complexity index is 765. The minimum absolute atomic E-state index is 0.0453. The molecule has 3 N–H and O–H groups in total. The number of hydrogen-bond acceptors (Lipinski definition) is 4. The van der Waals surface area contributed by atoms with Crippen molar-refractivity contribution in [2.45, 2.75) is 0 Å². The lowest BCUT2D eigenvalue weighted by Crippen LogP contribution is -2.24. The third-order valence-corrected chi connectivity index (χ3v) is 2.20. The minimum Gasteiger partial charge on any atom is -0.494 e. The number of nitrogens with zero attached hydrogens (tertiary/aromatic N) is 1. The summed E-state index contributed by atoms with van der Waals surface area (Å²) in [7, 11) is 0. The van der Waals surface area contributed by atoms with Crippen LogP contribution >= 0.6 is 0 Å². The molecule has 0 saturated carbocycles. The van der Waals surface area contributed by atoms with Gasteiger partial charge in [-0.25, -0.2) is 13.6 Å². The first-order chi connectivity index (χ1) is 8.97. The van der Waals surface area contributed by atoms with Crippen LogP contribution in [0.25, 0.3) is 0 Å². The van der Waals surface area contributed by atoms with Gasteiger partial charge in [0.1, 0.15) is 5.56 Å². The number of H-pyrrole nitrogens is 2. The Labute approximate surface area is 104 Å². The fraction of sp³-hybridized carbons (Fsp3) is 0. The zero-order valence-electron chi connectivity index (χ0n) is 9.28. The van der Waals surface area contributed by atoms with Crippen LogP contribution in [0.2, 0.25) is 0 Å². The lowest BCUT2D eigenvalue weighted by atomic mass is 10.3. The van der Waals surface area contributed by atoms with Crippen molar-refractivity contribution in [3.05, 3.63) is 56.2 Å². The van der Waals surface area contributed by atoms with Gasteiger partial charge in [-0.05, 0) is 12.1 Å². The molecule has 1 aromatic carbocycles. The van der Waals surface area contributed by atoms with Crippen LogP contribution in [0.1, 0.15) is 5.56 Å². The highest BCUT2D eigenvalue weighted by atomic mass is 19.2. The number of halogens is 2. The Kier molecular flexibility index (Phi) is 3.23. The molecule has 0 unspecified atom stereocenters. The summed E-state index contributed by atoms with van der Waals surface area (Å²) >= 11 is 0. The van der Waals surface area contributed by atoms with Gasteiger partial charge in [0.05, 0.1) is 5.69 Å². The molecule has 98 valence electrons. The maximum Gasteiger partial charge on any atom is 0.328 e. The number of aromatic hydroxyl groups is 1. The summed E-state index contributed by atoms with van der Waals surface area (Å²) < 4.78 is 25.6. The van der Waals surface area contributed by atoms with Crippen molar-refractivity contribution in [1.82, 2.24) is 9.97 Å². The van der Waals surface area contributed by atoms with Crippen LogP contribution in [0.4, 0.5) is 14.5 Å². The monoisotopic (exact) mass is 267 g/mol. The molecule has 6 nitrogen and oxygen atoms in total. The maximum absolute atomic E-state index is 12.9. The van der Waals surface area contributed by atoms with E-state index in [0.29, 0.717) is 0 Å². The van der Waals surface area contributed by atoms with E-state index < -0.39 is 28.8 Å². The van der Waals surface area contributed by atoms with Gasteiger partial charge in [0.2, 0.25) is 5.88 Å². The Balaban J connectivity index is 2.40. The van der Waals surface area contributed by atoms with Crippen molar-refractivity contribution < 1.29 is 13.9 Å². The topological polar surface area (TPSA) is 98.3 Å². The highest BCUT2D eigenvalue weighted by Gasteiger charge is 2.06. The van der Waals surface area contributed by atoms with E-state index in [2.05, 4.69) is 4.99 Å². The second-order valence-electron chi connectivity index (χ2n) is 3.53. The van der Waals surface area contributed by atoms with Crippen molar-refractivity contribution >= 4 is 11.9 Å². The number of nitrogens with one attached hydrogen (secondary N) is 2. The van der Waals surface area contributed by atoms with Crippen LogP contribution in [-0.4, -0.2) is 21.3 Å². The van der Waals surface area contributed by atoms with Crippen LogP contribution < -0.4 is 11.2 Å². The van der Waals surface area contributed by atoms with Gasteiger partial charge in [0.15, 0.2) is 11.6 Å². The van der Waals surface area contributed by atoms with Crippen molar-refractivity contribution in [2.24, 2.45) is 4.99 Å². The molecule has 0 radical (unpaired) electrons. The van der Waals surface area contributed by atoms with Crippen molar-refractivity contribution in [1.29, 1.82) is 0 Å². The standard InChI is InChI=1S/C11H7F2N3O3/c12-7-2-1-5(3-8(7)13)14-4-6-9(17)15-11(19)16-10(6)18/h1-4H,(H3,15,16,17,18,19). The molecule has 0 aliphatic rings. The van der Waals surface area contributed by atoms with Crippen LogP contribution in [0, 0.1) is 11.6 Å². The summed E-state index contributed by atoms with van der Waals surface area (Å²) in [6.07, 6.45) is 0.927. The summed E-state index contributed by atoms with van der Waals surface area (Å²) in [5.41, 5.74) is -1.98. The first kappa shape index (κ1) is 12.7. The van der Waals surface area contributed by atoms with Gasteiger partial charge >= 0.3 is 5.69 Å². The first-order valence-corrected chi connectivity index (χ1v) is 5.02. The van der Waals surface area contributed by atoms with E-state index in [0.717, 1.165) is 18.3 Å². The lowest BCUT2D eigenvalue weighted by Gasteiger charge is -1.97. The fourth-order valence-corrected chi connectivity index (χ4v) is 1.31. The SMILES string of the molecule is O=c1[nH]c(O)c(C=Nc2ccc(F)c(F)c2)c(=O)[nH]1. The average molecular weight is 267 g/mol. The largest absolute Gasteiger partial charge is 0.494 e. The quantitative estimate of drug-likeness (QED) is 0.702. The summed E-state index contributed by atoms with van der Waals surface area (Å²) in [5.74, 6) is -2.78. The molecule has 0 spiro atoms. The molecule has 0 saturated heterocycles. The summed E-state index contributed by atoms with van der Waals surface area (Å²) in [4.78, 5) is 29.7. The average Bonchev–Trinajstić information content (AvgIpc) is 2.32. The molecule has 0 aliphatic heterocycles. The predicted octanol–water partition coefficient (Wildman–Crippen LogP) is 0.798. The molecule has 0 amide bonds. The van der Waals surface area contributed by atoms with Crippen molar-refractivity contribution in [3.8, 4) is 5.88 Å². The third-order valence-electron chi connectivity index (χ3n) is 2.20. The number of aromatic nitrogens is 2. The van der Waals surface area contributed by atoms with E-state index in [-0.39, 0.29) is 11.3 Å². The zero-order valence-corrected chi connectivity index (χ0v) is 9.28. The highest BCUT2D eigenvalue weighted by Crippen LogP contribution is 2.16. The molecule has 0 bridgehead atoms. The van der Waals surface area contributed by atoms with E-state index in [1.54, 1.807) is 0 Å². The van der Waals surface area contributed by atoms with Gasteiger partial charge < -0.3 is 5.11 Å². The lowest BCUT2D eigenvalue weighted by molar-refractivity contribution is 0.447. The van der Waals surface area contributed by atoms with E-state index in [9.17, 15) is 23.5 Å². The van der Waals surface area contributed by atoms with E-state index in [4.69, 9.17) is 0 Å². The Morgan fingerprint density at radius 3 is 2.53 bits per heavy atom.